The van der Waals surface area contributed by atoms with E-state index in [0.29, 0.717) is 29.9 Å². The maximum absolute atomic E-state index is 11.2. The maximum atomic E-state index is 11.2. The molecule has 2 rings (SSSR count). The van der Waals surface area contributed by atoms with Crippen molar-refractivity contribution in [2.24, 2.45) is 11.8 Å². The fraction of sp³-hybridized carbons (Fsp3) is 0.714. The predicted octanol–water partition coefficient (Wildman–Crippen LogP) is 2.97. The summed E-state index contributed by atoms with van der Waals surface area (Å²) < 4.78 is 0. The molecule has 0 aliphatic heterocycles. The number of aryl methyl sites for hydroxylation is 1. The Hall–Kier alpha value is -1.92. The lowest BCUT2D eigenvalue weighted by Crippen LogP contribution is -2.16. The fourth-order valence-corrected chi connectivity index (χ4v) is 2.90. The molecule has 7 heteroatoms. The molecule has 1 saturated carbocycles. The molecule has 116 valence electrons. The number of rotatable bonds is 6. The quantitative estimate of drug-likeness (QED) is 0.618. The molecule has 1 aromatic heterocycles. The van der Waals surface area contributed by atoms with Crippen molar-refractivity contribution in [3.05, 3.63) is 15.8 Å². The van der Waals surface area contributed by atoms with Crippen LogP contribution in [0.4, 0.5) is 17.5 Å². The predicted molar refractivity (Wildman–Crippen MR) is 82.6 cm³/mol. The van der Waals surface area contributed by atoms with E-state index in [-0.39, 0.29) is 5.69 Å². The van der Waals surface area contributed by atoms with Gasteiger partial charge in [0, 0.05) is 13.1 Å². The molecule has 2 atom stereocenters. The van der Waals surface area contributed by atoms with E-state index < -0.39 is 4.92 Å². The lowest BCUT2D eigenvalue weighted by molar-refractivity contribution is -0.385. The highest BCUT2D eigenvalue weighted by Gasteiger charge is 2.25. The average Bonchev–Trinajstić information content (AvgIpc) is 2.81. The van der Waals surface area contributed by atoms with Crippen LogP contribution in [-0.2, 0) is 0 Å². The van der Waals surface area contributed by atoms with E-state index >= 15 is 0 Å². The largest absolute Gasteiger partial charge is 0.364 e. The standard InChI is InChI=1S/C14H23N5O2/c1-4-15-14-17-10(3)12(19(20)21)13(18-14)16-8-11-6-5-9(2)7-11/h9,11H,4-8H2,1-3H3,(H2,15,16,17,18). The molecule has 1 aliphatic carbocycles. The molecule has 0 radical (unpaired) electrons. The zero-order valence-electron chi connectivity index (χ0n) is 12.8. The Morgan fingerprint density at radius 3 is 2.67 bits per heavy atom. The van der Waals surface area contributed by atoms with Gasteiger partial charge in [0.2, 0.25) is 11.8 Å². The molecule has 0 saturated heterocycles. The van der Waals surface area contributed by atoms with Gasteiger partial charge in [-0.3, -0.25) is 10.1 Å². The number of nitro groups is 1. The third-order valence-corrected chi connectivity index (χ3v) is 3.94. The minimum Gasteiger partial charge on any atom is -0.364 e. The van der Waals surface area contributed by atoms with E-state index in [1.165, 1.54) is 19.3 Å². The number of anilines is 2. The average molecular weight is 293 g/mol. The summed E-state index contributed by atoms with van der Waals surface area (Å²) in [5, 5.41) is 17.4. The van der Waals surface area contributed by atoms with Gasteiger partial charge in [-0.15, -0.1) is 0 Å². The summed E-state index contributed by atoms with van der Waals surface area (Å²) in [7, 11) is 0. The van der Waals surface area contributed by atoms with E-state index in [1.807, 2.05) is 6.92 Å². The van der Waals surface area contributed by atoms with E-state index in [9.17, 15) is 10.1 Å². The molecule has 1 aliphatic rings. The normalized spacial score (nSPS) is 21.3. The van der Waals surface area contributed by atoms with Crippen molar-refractivity contribution in [3.8, 4) is 0 Å². The summed E-state index contributed by atoms with van der Waals surface area (Å²) in [6.45, 7) is 7.24. The van der Waals surface area contributed by atoms with Crippen molar-refractivity contribution >= 4 is 17.5 Å². The van der Waals surface area contributed by atoms with Crippen LogP contribution in [0.15, 0.2) is 0 Å². The van der Waals surface area contributed by atoms with Crippen LogP contribution in [0.3, 0.4) is 0 Å². The van der Waals surface area contributed by atoms with E-state index in [1.54, 1.807) is 6.92 Å². The van der Waals surface area contributed by atoms with Crippen LogP contribution in [0.5, 0.6) is 0 Å². The van der Waals surface area contributed by atoms with Crippen molar-refractivity contribution in [1.82, 2.24) is 9.97 Å². The number of nitrogens with one attached hydrogen (secondary N) is 2. The van der Waals surface area contributed by atoms with Crippen LogP contribution in [0.25, 0.3) is 0 Å². The number of aromatic nitrogens is 2. The van der Waals surface area contributed by atoms with Crippen LogP contribution < -0.4 is 10.6 Å². The minimum absolute atomic E-state index is 0.0253. The van der Waals surface area contributed by atoms with Gasteiger partial charge in [-0.2, -0.15) is 4.98 Å². The molecule has 1 fully saturated rings. The van der Waals surface area contributed by atoms with Crippen molar-refractivity contribution in [2.75, 3.05) is 23.7 Å². The number of hydrogen-bond acceptors (Lipinski definition) is 6. The monoisotopic (exact) mass is 293 g/mol. The first-order valence-electron chi connectivity index (χ1n) is 7.52. The molecule has 1 aromatic rings. The lowest BCUT2D eigenvalue weighted by atomic mass is 10.1. The Morgan fingerprint density at radius 2 is 2.10 bits per heavy atom. The second kappa shape index (κ2) is 6.69. The second-order valence-electron chi connectivity index (χ2n) is 5.78. The van der Waals surface area contributed by atoms with Crippen molar-refractivity contribution in [2.45, 2.75) is 40.0 Å². The van der Waals surface area contributed by atoms with Gasteiger partial charge in [-0.05, 0) is 38.5 Å². The maximum Gasteiger partial charge on any atom is 0.332 e. The summed E-state index contributed by atoms with van der Waals surface area (Å²) in [6.07, 6.45) is 3.58. The van der Waals surface area contributed by atoms with Gasteiger partial charge in [-0.25, -0.2) is 4.98 Å². The molecule has 2 unspecified atom stereocenters. The Labute approximate surface area is 124 Å². The summed E-state index contributed by atoms with van der Waals surface area (Å²) >= 11 is 0. The van der Waals surface area contributed by atoms with Crippen molar-refractivity contribution in [1.29, 1.82) is 0 Å². The first-order valence-corrected chi connectivity index (χ1v) is 7.52. The highest BCUT2D eigenvalue weighted by molar-refractivity contribution is 5.60. The molecule has 21 heavy (non-hydrogen) atoms. The summed E-state index contributed by atoms with van der Waals surface area (Å²) in [5.74, 6) is 2.07. The Balaban J connectivity index is 2.16. The minimum atomic E-state index is -0.412. The molecule has 0 bridgehead atoms. The first kappa shape index (κ1) is 15.5. The topological polar surface area (TPSA) is 93.0 Å². The van der Waals surface area contributed by atoms with Gasteiger partial charge >= 0.3 is 5.69 Å². The number of hydrogen-bond donors (Lipinski definition) is 2. The lowest BCUT2D eigenvalue weighted by Gasteiger charge is -2.13. The van der Waals surface area contributed by atoms with Crippen LogP contribution >= 0.6 is 0 Å². The summed E-state index contributed by atoms with van der Waals surface area (Å²) in [4.78, 5) is 19.2. The van der Waals surface area contributed by atoms with Gasteiger partial charge in [-0.1, -0.05) is 13.3 Å². The SMILES string of the molecule is CCNc1nc(C)c([N+](=O)[O-])c(NCC2CCC(C)C2)n1. The molecule has 7 nitrogen and oxygen atoms in total. The number of nitrogens with zero attached hydrogens (tertiary/aromatic N) is 3. The van der Waals surface area contributed by atoms with Gasteiger partial charge in [0.05, 0.1) is 4.92 Å². The first-order chi connectivity index (χ1) is 10.0. The third-order valence-electron chi connectivity index (χ3n) is 3.94. The molecule has 1 heterocycles. The molecule has 0 amide bonds. The van der Waals surface area contributed by atoms with Crippen molar-refractivity contribution in [3.63, 3.8) is 0 Å². The van der Waals surface area contributed by atoms with Crippen LogP contribution in [0.2, 0.25) is 0 Å². The van der Waals surface area contributed by atoms with Gasteiger partial charge in [0.1, 0.15) is 5.69 Å². The summed E-state index contributed by atoms with van der Waals surface area (Å²) in [6, 6.07) is 0. The third kappa shape index (κ3) is 3.80. The molecule has 0 aromatic carbocycles. The van der Waals surface area contributed by atoms with E-state index in [0.717, 1.165) is 12.5 Å². The summed E-state index contributed by atoms with van der Waals surface area (Å²) in [5.41, 5.74) is 0.357. The zero-order chi connectivity index (χ0) is 15.4. The second-order valence-corrected chi connectivity index (χ2v) is 5.78. The highest BCUT2D eigenvalue weighted by atomic mass is 16.6. The molecule has 2 N–H and O–H groups in total. The molecular weight excluding hydrogens is 270 g/mol. The highest BCUT2D eigenvalue weighted by Crippen LogP contribution is 2.32. The Bertz CT molecular complexity index is 520. The zero-order valence-corrected chi connectivity index (χ0v) is 12.8. The molecule has 0 spiro atoms. The van der Waals surface area contributed by atoms with Crippen LogP contribution in [0.1, 0.15) is 38.8 Å². The van der Waals surface area contributed by atoms with Crippen LogP contribution in [0, 0.1) is 28.9 Å². The Morgan fingerprint density at radius 1 is 1.33 bits per heavy atom. The van der Waals surface area contributed by atoms with Crippen molar-refractivity contribution < 1.29 is 4.92 Å². The fourth-order valence-electron chi connectivity index (χ4n) is 2.90. The van der Waals surface area contributed by atoms with Gasteiger partial charge in [0.25, 0.3) is 0 Å². The smallest absolute Gasteiger partial charge is 0.332 e. The van der Waals surface area contributed by atoms with E-state index in [2.05, 4.69) is 27.5 Å². The molecular formula is C14H23N5O2. The Kier molecular flexibility index (Phi) is 4.93. The van der Waals surface area contributed by atoms with E-state index in [4.69, 9.17) is 0 Å². The van der Waals surface area contributed by atoms with Crippen LogP contribution in [-0.4, -0.2) is 28.0 Å². The van der Waals surface area contributed by atoms with Gasteiger partial charge in [0.15, 0.2) is 0 Å². The van der Waals surface area contributed by atoms with Gasteiger partial charge < -0.3 is 10.6 Å².